The molecule has 2 N–H and O–H groups in total. The summed E-state index contributed by atoms with van der Waals surface area (Å²) in [4.78, 5) is 37.4. The average molecular weight is 396 g/mol. The third kappa shape index (κ3) is 3.63. The van der Waals surface area contributed by atoms with Crippen molar-refractivity contribution in [2.45, 2.75) is 6.92 Å². The van der Waals surface area contributed by atoms with Gasteiger partial charge in [0.25, 0.3) is 11.8 Å². The lowest BCUT2D eigenvalue weighted by molar-refractivity contribution is -0.122. The lowest BCUT2D eigenvalue weighted by atomic mass is 10.0. The molecule has 0 saturated carbocycles. The van der Waals surface area contributed by atoms with Gasteiger partial charge in [-0.1, -0.05) is 6.07 Å². The molecule has 0 aromatic heterocycles. The van der Waals surface area contributed by atoms with Gasteiger partial charge in [0.2, 0.25) is 0 Å². The Morgan fingerprint density at radius 2 is 1.86 bits per heavy atom. The third-order valence-corrected chi connectivity index (χ3v) is 4.49. The summed E-state index contributed by atoms with van der Waals surface area (Å²) in [7, 11) is 1.56. The van der Waals surface area contributed by atoms with Crippen LogP contribution in [0.5, 0.6) is 5.75 Å². The predicted molar refractivity (Wildman–Crippen MR) is 107 cm³/mol. The quantitative estimate of drug-likeness (QED) is 0.468. The molecule has 28 heavy (non-hydrogen) atoms. The van der Waals surface area contributed by atoms with E-state index in [1.165, 1.54) is 30.3 Å². The van der Waals surface area contributed by atoms with Gasteiger partial charge in [0.05, 0.1) is 18.4 Å². The number of anilines is 1. The average Bonchev–Trinajstić information content (AvgIpc) is 2.65. The summed E-state index contributed by atoms with van der Waals surface area (Å²) in [6.45, 7) is 1.86. The smallest absolute Gasteiger partial charge is 0.335 e. The highest BCUT2D eigenvalue weighted by Gasteiger charge is 2.34. The van der Waals surface area contributed by atoms with Crippen molar-refractivity contribution in [1.82, 2.24) is 5.32 Å². The number of carboxylic acids is 1. The van der Waals surface area contributed by atoms with Gasteiger partial charge in [-0.3, -0.25) is 19.8 Å². The Kier molecular flexibility index (Phi) is 5.23. The van der Waals surface area contributed by atoms with Crippen LogP contribution in [-0.2, 0) is 9.59 Å². The summed E-state index contributed by atoms with van der Waals surface area (Å²) in [5.74, 6) is -1.57. The number of thiocarbonyl (C=S) groups is 1. The van der Waals surface area contributed by atoms with Crippen LogP contribution in [0.15, 0.2) is 48.0 Å². The highest BCUT2D eigenvalue weighted by molar-refractivity contribution is 7.80. The number of nitrogens with one attached hydrogen (secondary N) is 1. The highest BCUT2D eigenvalue weighted by atomic mass is 32.1. The van der Waals surface area contributed by atoms with E-state index in [9.17, 15) is 14.4 Å². The summed E-state index contributed by atoms with van der Waals surface area (Å²) in [5.41, 5.74) is 1.87. The first-order valence-corrected chi connectivity index (χ1v) is 8.62. The number of amides is 2. The van der Waals surface area contributed by atoms with E-state index in [1.807, 2.05) is 6.92 Å². The number of methoxy groups -OCH3 is 1. The number of hydrogen-bond acceptors (Lipinski definition) is 5. The van der Waals surface area contributed by atoms with Crippen LogP contribution in [0.1, 0.15) is 21.5 Å². The summed E-state index contributed by atoms with van der Waals surface area (Å²) >= 11 is 5.13. The fraction of sp³-hybridized carbons (Fsp3) is 0.100. The summed E-state index contributed by atoms with van der Waals surface area (Å²) in [6.07, 6.45) is 1.48. The molecule has 0 unspecified atom stereocenters. The summed E-state index contributed by atoms with van der Waals surface area (Å²) < 4.78 is 5.21. The number of carboxylic acid groups (broad SMARTS) is 1. The Bertz CT molecular complexity index is 1030. The van der Waals surface area contributed by atoms with Crippen molar-refractivity contribution in [3.8, 4) is 5.75 Å². The highest BCUT2D eigenvalue weighted by Crippen LogP contribution is 2.24. The molecule has 1 fully saturated rings. The lowest BCUT2D eigenvalue weighted by Crippen LogP contribution is -2.54. The minimum Gasteiger partial charge on any atom is -0.496 e. The van der Waals surface area contributed by atoms with Gasteiger partial charge in [-0.2, -0.15) is 0 Å². The number of aryl methyl sites for hydroxylation is 1. The Balaban J connectivity index is 1.98. The van der Waals surface area contributed by atoms with E-state index < -0.39 is 17.8 Å². The van der Waals surface area contributed by atoms with Crippen LogP contribution in [0.4, 0.5) is 5.69 Å². The maximum Gasteiger partial charge on any atom is 0.335 e. The van der Waals surface area contributed by atoms with Crippen molar-refractivity contribution in [2.75, 3.05) is 12.0 Å². The molecule has 1 aliphatic rings. The van der Waals surface area contributed by atoms with E-state index in [0.717, 1.165) is 10.5 Å². The number of benzene rings is 2. The second-order valence-corrected chi connectivity index (χ2v) is 6.43. The van der Waals surface area contributed by atoms with Crippen LogP contribution < -0.4 is 15.0 Å². The number of aromatic carboxylic acids is 1. The Labute approximate surface area is 166 Å². The molecule has 7 nitrogen and oxygen atoms in total. The van der Waals surface area contributed by atoms with Gasteiger partial charge in [-0.25, -0.2) is 4.79 Å². The number of hydrogen-bond donors (Lipinski definition) is 2. The molecular formula is C20H16N2O5S. The van der Waals surface area contributed by atoms with Crippen LogP contribution in [0.3, 0.4) is 0 Å². The molecule has 2 amide bonds. The topological polar surface area (TPSA) is 95.9 Å². The van der Waals surface area contributed by atoms with Gasteiger partial charge in [0.1, 0.15) is 11.3 Å². The second-order valence-electron chi connectivity index (χ2n) is 6.04. The van der Waals surface area contributed by atoms with Gasteiger partial charge < -0.3 is 9.84 Å². The fourth-order valence-electron chi connectivity index (χ4n) is 2.80. The van der Waals surface area contributed by atoms with Crippen molar-refractivity contribution in [2.24, 2.45) is 0 Å². The zero-order valence-electron chi connectivity index (χ0n) is 15.1. The molecule has 1 heterocycles. The van der Waals surface area contributed by atoms with Gasteiger partial charge in [-0.05, 0) is 72.7 Å². The first kappa shape index (κ1) is 19.2. The van der Waals surface area contributed by atoms with E-state index in [2.05, 4.69) is 5.32 Å². The van der Waals surface area contributed by atoms with E-state index in [4.69, 9.17) is 22.1 Å². The van der Waals surface area contributed by atoms with Crippen LogP contribution >= 0.6 is 12.2 Å². The van der Waals surface area contributed by atoms with Crippen molar-refractivity contribution in [1.29, 1.82) is 0 Å². The largest absolute Gasteiger partial charge is 0.496 e. The van der Waals surface area contributed by atoms with Crippen LogP contribution in [-0.4, -0.2) is 35.1 Å². The molecule has 3 rings (SSSR count). The van der Waals surface area contributed by atoms with Crippen LogP contribution in [0.25, 0.3) is 6.08 Å². The first-order chi connectivity index (χ1) is 13.3. The number of nitrogens with zero attached hydrogens (tertiary/aromatic N) is 1. The molecule has 1 saturated heterocycles. The van der Waals surface area contributed by atoms with Crippen LogP contribution in [0, 0.1) is 6.92 Å². The zero-order chi connectivity index (χ0) is 20.4. The normalized spacial score (nSPS) is 15.6. The maximum atomic E-state index is 12.9. The third-order valence-electron chi connectivity index (χ3n) is 4.20. The van der Waals surface area contributed by atoms with Gasteiger partial charge in [-0.15, -0.1) is 0 Å². The Morgan fingerprint density at radius 3 is 2.43 bits per heavy atom. The molecule has 0 spiro atoms. The second kappa shape index (κ2) is 7.61. The van der Waals surface area contributed by atoms with Gasteiger partial charge in [0.15, 0.2) is 5.11 Å². The van der Waals surface area contributed by atoms with E-state index in [0.29, 0.717) is 17.0 Å². The van der Waals surface area contributed by atoms with Crippen molar-refractivity contribution < 1.29 is 24.2 Å². The standard InChI is InChI=1S/C20H16N2O5S/c1-11-9-12(3-8-16(11)27-2)10-15-17(23)21-20(28)22(18(15)24)14-6-4-13(5-7-14)19(25)26/h3-10H,1-2H3,(H,25,26)(H,21,23,28)/b15-10+. The SMILES string of the molecule is COc1ccc(/C=C2\C(=O)NC(=S)N(c3ccc(C(=O)O)cc3)C2=O)cc1C. The maximum absolute atomic E-state index is 12.9. The van der Waals surface area contributed by atoms with Crippen molar-refractivity contribution in [3.05, 3.63) is 64.7 Å². The van der Waals surface area contributed by atoms with E-state index in [-0.39, 0.29) is 16.2 Å². The Morgan fingerprint density at radius 1 is 1.18 bits per heavy atom. The molecular weight excluding hydrogens is 380 g/mol. The molecule has 0 radical (unpaired) electrons. The number of carbonyl (C=O) groups excluding carboxylic acids is 2. The monoisotopic (exact) mass is 396 g/mol. The molecule has 1 aliphatic heterocycles. The van der Waals surface area contributed by atoms with Gasteiger partial charge >= 0.3 is 5.97 Å². The molecule has 142 valence electrons. The minimum absolute atomic E-state index is 0.0684. The Hall–Kier alpha value is -3.52. The fourth-order valence-corrected chi connectivity index (χ4v) is 3.08. The van der Waals surface area contributed by atoms with Crippen LogP contribution in [0.2, 0.25) is 0 Å². The zero-order valence-corrected chi connectivity index (χ0v) is 15.9. The molecule has 0 bridgehead atoms. The van der Waals surface area contributed by atoms with E-state index >= 15 is 0 Å². The molecule has 2 aromatic rings. The molecule has 8 heteroatoms. The summed E-state index contributed by atoms with van der Waals surface area (Å²) in [6, 6.07) is 10.9. The van der Waals surface area contributed by atoms with Crippen molar-refractivity contribution in [3.63, 3.8) is 0 Å². The number of carbonyl (C=O) groups is 3. The number of ether oxygens (including phenoxy) is 1. The lowest BCUT2D eigenvalue weighted by Gasteiger charge is -2.29. The molecule has 0 atom stereocenters. The molecule has 0 aliphatic carbocycles. The first-order valence-electron chi connectivity index (χ1n) is 8.21. The van der Waals surface area contributed by atoms with Crippen molar-refractivity contribution >= 4 is 46.9 Å². The van der Waals surface area contributed by atoms with E-state index in [1.54, 1.807) is 25.3 Å². The minimum atomic E-state index is -1.08. The number of rotatable bonds is 4. The molecule has 2 aromatic carbocycles. The summed E-state index contributed by atoms with van der Waals surface area (Å²) in [5, 5.41) is 11.4. The van der Waals surface area contributed by atoms with Gasteiger partial charge in [0, 0.05) is 0 Å². The predicted octanol–water partition coefficient (Wildman–Crippen LogP) is 2.53.